The molecular formula is C33H27Cl2N5O2. The van der Waals surface area contributed by atoms with Gasteiger partial charge in [0.05, 0.1) is 25.3 Å². The second-order valence-corrected chi connectivity index (χ2v) is 10.9. The number of aromatic amines is 1. The number of imidazole rings is 1. The van der Waals surface area contributed by atoms with E-state index in [2.05, 4.69) is 26.3 Å². The van der Waals surface area contributed by atoms with E-state index < -0.39 is 5.54 Å². The number of ether oxygens (including phenoxy) is 1. The maximum atomic E-state index is 12.7. The molecule has 3 heterocycles. The van der Waals surface area contributed by atoms with Crippen molar-refractivity contribution in [2.24, 2.45) is 7.05 Å². The van der Waals surface area contributed by atoms with Crippen molar-refractivity contribution in [3.05, 3.63) is 147 Å². The minimum Gasteiger partial charge on any atom is -0.497 e. The monoisotopic (exact) mass is 595 g/mol. The average Bonchev–Trinajstić information content (AvgIpc) is 3.44. The lowest BCUT2D eigenvalue weighted by atomic mass is 9.79. The van der Waals surface area contributed by atoms with Gasteiger partial charge in [0.1, 0.15) is 16.4 Å². The van der Waals surface area contributed by atoms with Gasteiger partial charge in [0, 0.05) is 47.3 Å². The first kappa shape index (κ1) is 27.7. The Kier molecular flexibility index (Phi) is 7.56. The number of fused-ring (bicyclic) bond motifs is 1. The summed E-state index contributed by atoms with van der Waals surface area (Å²) in [6, 6.07) is 26.9. The van der Waals surface area contributed by atoms with Crippen LogP contribution in [0.5, 0.6) is 5.75 Å². The molecule has 3 aromatic heterocycles. The third kappa shape index (κ3) is 5.18. The molecular weight excluding hydrogens is 569 g/mol. The zero-order valence-electron chi connectivity index (χ0n) is 22.9. The summed E-state index contributed by atoms with van der Waals surface area (Å²) in [7, 11) is 3.62. The van der Waals surface area contributed by atoms with Crippen LogP contribution in [0.4, 0.5) is 0 Å². The van der Waals surface area contributed by atoms with Gasteiger partial charge in [-0.15, -0.1) is 0 Å². The lowest BCUT2D eigenvalue weighted by Crippen LogP contribution is -2.45. The van der Waals surface area contributed by atoms with Crippen LogP contribution in [0.25, 0.3) is 22.0 Å². The van der Waals surface area contributed by atoms with Crippen molar-refractivity contribution in [3.8, 4) is 16.9 Å². The van der Waals surface area contributed by atoms with E-state index in [1.54, 1.807) is 31.8 Å². The Balaban J connectivity index is 1.61. The van der Waals surface area contributed by atoms with Crippen molar-refractivity contribution >= 4 is 34.1 Å². The molecule has 0 spiro atoms. The van der Waals surface area contributed by atoms with Crippen LogP contribution in [0.1, 0.15) is 22.4 Å². The summed E-state index contributed by atoms with van der Waals surface area (Å²) in [6.07, 6.45) is 5.41. The standard InChI is InChI=1S/C33H27Cl2N5O2/c1-40-20-36-19-30(40)33(24-9-13-31(35)37-18-24,38-17-21-6-10-26(42-2)11-7-21)23-8-12-29-28(15-23)27(16-32(41)39-29)22-4-3-5-25(34)14-22/h3-16,18-20,38H,17H2,1-2H3,(H,39,41). The Morgan fingerprint density at radius 3 is 2.45 bits per heavy atom. The van der Waals surface area contributed by atoms with Gasteiger partial charge in [-0.1, -0.05) is 59.6 Å². The first-order valence-electron chi connectivity index (χ1n) is 13.3. The van der Waals surface area contributed by atoms with Crippen LogP contribution in [0.3, 0.4) is 0 Å². The Morgan fingerprint density at radius 1 is 0.952 bits per heavy atom. The van der Waals surface area contributed by atoms with Crippen LogP contribution >= 0.6 is 23.2 Å². The summed E-state index contributed by atoms with van der Waals surface area (Å²) >= 11 is 12.6. The number of rotatable bonds is 8. The molecule has 210 valence electrons. The molecule has 7 nitrogen and oxygen atoms in total. The highest BCUT2D eigenvalue weighted by molar-refractivity contribution is 6.31. The molecule has 0 radical (unpaired) electrons. The van der Waals surface area contributed by atoms with Gasteiger partial charge in [0.15, 0.2) is 0 Å². The van der Waals surface area contributed by atoms with Crippen molar-refractivity contribution in [1.82, 2.24) is 24.8 Å². The highest BCUT2D eigenvalue weighted by atomic mass is 35.5. The van der Waals surface area contributed by atoms with Crippen molar-refractivity contribution in [2.45, 2.75) is 12.1 Å². The molecule has 42 heavy (non-hydrogen) atoms. The summed E-state index contributed by atoms with van der Waals surface area (Å²) in [5.41, 5.74) is 5.00. The molecule has 0 bridgehead atoms. The van der Waals surface area contributed by atoms with Gasteiger partial charge in [-0.25, -0.2) is 9.97 Å². The average molecular weight is 597 g/mol. The maximum Gasteiger partial charge on any atom is 0.249 e. The lowest BCUT2D eigenvalue weighted by Gasteiger charge is -2.36. The summed E-state index contributed by atoms with van der Waals surface area (Å²) in [5, 5.41) is 5.71. The molecule has 3 aromatic carbocycles. The first-order valence-corrected chi connectivity index (χ1v) is 14.0. The van der Waals surface area contributed by atoms with Crippen LogP contribution in [-0.4, -0.2) is 26.6 Å². The molecule has 6 aromatic rings. The predicted octanol–water partition coefficient (Wildman–Crippen LogP) is 6.72. The smallest absolute Gasteiger partial charge is 0.249 e. The second-order valence-electron chi connectivity index (χ2n) is 10.0. The number of methoxy groups -OCH3 is 1. The normalized spacial score (nSPS) is 12.8. The van der Waals surface area contributed by atoms with Gasteiger partial charge in [-0.05, 0) is 64.7 Å². The van der Waals surface area contributed by atoms with Gasteiger partial charge in [0.25, 0.3) is 0 Å². The van der Waals surface area contributed by atoms with Gasteiger partial charge in [-0.3, -0.25) is 10.1 Å². The van der Waals surface area contributed by atoms with Gasteiger partial charge in [0.2, 0.25) is 5.56 Å². The molecule has 0 amide bonds. The van der Waals surface area contributed by atoms with Gasteiger partial charge in [-0.2, -0.15) is 0 Å². The number of aromatic nitrogens is 4. The molecule has 0 saturated carbocycles. The SMILES string of the molecule is COc1ccc(CNC(c2ccc(Cl)nc2)(c2ccc3[nH]c(=O)cc(-c4cccc(Cl)c4)c3c2)c2cncn2C)cc1. The predicted molar refractivity (Wildman–Crippen MR) is 167 cm³/mol. The molecule has 6 rings (SSSR count). The van der Waals surface area contributed by atoms with E-state index in [1.807, 2.05) is 84.5 Å². The third-order valence-electron chi connectivity index (χ3n) is 7.49. The van der Waals surface area contributed by atoms with Crippen LogP contribution in [0.15, 0.2) is 108 Å². The summed E-state index contributed by atoms with van der Waals surface area (Å²) in [5.74, 6) is 0.788. The van der Waals surface area contributed by atoms with E-state index in [9.17, 15) is 4.79 Å². The molecule has 0 saturated heterocycles. The topological polar surface area (TPSA) is 84.8 Å². The first-order chi connectivity index (χ1) is 20.4. The van der Waals surface area contributed by atoms with Crippen molar-refractivity contribution < 1.29 is 4.74 Å². The number of nitrogens with zero attached hydrogens (tertiary/aromatic N) is 3. The number of aryl methyl sites for hydroxylation is 1. The molecule has 0 aliphatic rings. The highest BCUT2D eigenvalue weighted by Crippen LogP contribution is 2.39. The maximum absolute atomic E-state index is 12.7. The molecule has 0 aliphatic heterocycles. The highest BCUT2D eigenvalue weighted by Gasteiger charge is 2.39. The number of hydrogen-bond donors (Lipinski definition) is 2. The lowest BCUT2D eigenvalue weighted by molar-refractivity contribution is 0.414. The summed E-state index contributed by atoms with van der Waals surface area (Å²) < 4.78 is 7.35. The van der Waals surface area contributed by atoms with E-state index in [0.717, 1.165) is 44.6 Å². The fraction of sp³-hybridized carbons (Fsp3) is 0.121. The summed E-state index contributed by atoms with van der Waals surface area (Å²) in [4.78, 5) is 24.6. The largest absolute Gasteiger partial charge is 0.497 e. The molecule has 9 heteroatoms. The van der Waals surface area contributed by atoms with Crippen molar-refractivity contribution in [3.63, 3.8) is 0 Å². The number of benzene rings is 3. The van der Waals surface area contributed by atoms with E-state index in [1.165, 1.54) is 0 Å². The van der Waals surface area contributed by atoms with Crippen molar-refractivity contribution in [1.29, 1.82) is 0 Å². The number of nitrogens with one attached hydrogen (secondary N) is 2. The summed E-state index contributed by atoms with van der Waals surface area (Å²) in [6.45, 7) is 0.516. The molecule has 1 unspecified atom stereocenters. The van der Waals surface area contributed by atoms with Gasteiger partial charge < -0.3 is 14.3 Å². The zero-order valence-corrected chi connectivity index (χ0v) is 24.4. The van der Waals surface area contributed by atoms with E-state index in [4.69, 9.17) is 27.9 Å². The molecule has 0 aliphatic carbocycles. The van der Waals surface area contributed by atoms with Gasteiger partial charge >= 0.3 is 0 Å². The third-order valence-corrected chi connectivity index (χ3v) is 7.95. The van der Waals surface area contributed by atoms with Crippen LogP contribution in [0, 0.1) is 0 Å². The molecule has 2 N–H and O–H groups in total. The van der Waals surface area contributed by atoms with E-state index in [-0.39, 0.29) is 5.56 Å². The Labute approximate surface area is 252 Å². The Morgan fingerprint density at radius 2 is 1.76 bits per heavy atom. The number of halogens is 2. The quantitative estimate of drug-likeness (QED) is 0.191. The fourth-order valence-electron chi connectivity index (χ4n) is 5.43. The van der Waals surface area contributed by atoms with Crippen LogP contribution in [0.2, 0.25) is 10.2 Å². The van der Waals surface area contributed by atoms with Crippen LogP contribution in [-0.2, 0) is 19.1 Å². The number of hydrogen-bond acceptors (Lipinski definition) is 5. The second kappa shape index (κ2) is 11.4. The fourth-order valence-corrected chi connectivity index (χ4v) is 5.74. The number of pyridine rings is 2. The zero-order chi connectivity index (χ0) is 29.3. The van der Waals surface area contributed by atoms with E-state index >= 15 is 0 Å². The molecule has 0 fully saturated rings. The number of H-pyrrole nitrogens is 1. The minimum absolute atomic E-state index is 0.192. The Bertz CT molecular complexity index is 1930. The Hall–Kier alpha value is -4.43. The van der Waals surface area contributed by atoms with Crippen LogP contribution < -0.4 is 15.6 Å². The van der Waals surface area contributed by atoms with Crippen molar-refractivity contribution in [2.75, 3.05) is 7.11 Å². The van der Waals surface area contributed by atoms with E-state index in [0.29, 0.717) is 22.2 Å². The minimum atomic E-state index is -0.904. The molecule has 1 atom stereocenters.